The topological polar surface area (TPSA) is 193 Å². The van der Waals surface area contributed by atoms with Crippen molar-refractivity contribution in [2.45, 2.75) is 12.8 Å². The molecule has 4 atom stereocenters. The van der Waals surface area contributed by atoms with Crippen molar-refractivity contribution in [1.29, 1.82) is 0 Å². The summed E-state index contributed by atoms with van der Waals surface area (Å²) in [7, 11) is 0. The highest BCUT2D eigenvalue weighted by molar-refractivity contribution is 6.36. The number of ether oxygens (including phenoxy) is 1. The Bertz CT molecular complexity index is 1540. The van der Waals surface area contributed by atoms with Gasteiger partial charge in [0.2, 0.25) is 11.6 Å². The zero-order valence-electron chi connectivity index (χ0n) is 19.8. The highest BCUT2D eigenvalue weighted by Crippen LogP contribution is 2.46. The van der Waals surface area contributed by atoms with Crippen LogP contribution >= 0.6 is 0 Å². The number of ketones is 4. The molecule has 0 bridgehead atoms. The van der Waals surface area contributed by atoms with Crippen LogP contribution in [0, 0.1) is 23.7 Å². The molecular formula is C28H18O11. The molecule has 4 aliphatic carbocycles. The van der Waals surface area contributed by atoms with Gasteiger partial charge in [-0.1, -0.05) is 0 Å². The van der Waals surface area contributed by atoms with Crippen LogP contribution in [0.1, 0.15) is 44.7 Å². The molecule has 0 amide bonds. The molecule has 0 saturated heterocycles. The molecule has 2 aromatic carbocycles. The van der Waals surface area contributed by atoms with Gasteiger partial charge in [-0.05, 0) is 49.2 Å². The molecule has 196 valence electrons. The standard InChI is InChI=1S/C28H18O11/c29-21-11-3-1-9(5-13(11)23(31)19(21)25(33)15-7-17(15)27(35)36)39-10-2-4-12-14(6-10)24(32)20(22(12)30)26(34)16-8-18(16)28(37)38/h1-6,15-18,31-32H,7-8H2,(H,35,36)(H,37,38)/t15-,16-,17-,18-/m1/s1. The summed E-state index contributed by atoms with van der Waals surface area (Å²) in [6.07, 6.45) is 0.193. The van der Waals surface area contributed by atoms with Gasteiger partial charge in [0.25, 0.3) is 0 Å². The summed E-state index contributed by atoms with van der Waals surface area (Å²) in [4.78, 5) is 73.1. The third kappa shape index (κ3) is 3.65. The van der Waals surface area contributed by atoms with Crippen LogP contribution < -0.4 is 4.74 Å². The first-order valence-corrected chi connectivity index (χ1v) is 12.0. The molecule has 0 spiro atoms. The van der Waals surface area contributed by atoms with Crippen molar-refractivity contribution < 1.29 is 53.9 Å². The van der Waals surface area contributed by atoms with E-state index < -0.39 is 81.4 Å². The predicted octanol–water partition coefficient (Wildman–Crippen LogP) is 2.99. The number of aliphatic hydroxyl groups is 2. The minimum atomic E-state index is -1.14. The molecule has 39 heavy (non-hydrogen) atoms. The molecule has 0 aliphatic heterocycles. The number of fused-ring (bicyclic) bond motifs is 2. The van der Waals surface area contributed by atoms with E-state index in [-0.39, 0.29) is 46.6 Å². The van der Waals surface area contributed by atoms with E-state index in [1.165, 1.54) is 36.4 Å². The van der Waals surface area contributed by atoms with Crippen molar-refractivity contribution >= 4 is 46.6 Å². The summed E-state index contributed by atoms with van der Waals surface area (Å²) < 4.78 is 5.79. The minimum absolute atomic E-state index is 0.0396. The second kappa shape index (κ2) is 8.22. The third-order valence-corrected chi connectivity index (χ3v) is 7.53. The molecule has 6 rings (SSSR count). The molecule has 0 aromatic heterocycles. The highest BCUT2D eigenvalue weighted by Gasteiger charge is 2.53. The fourth-order valence-corrected chi connectivity index (χ4v) is 5.19. The number of hydrogen-bond acceptors (Lipinski definition) is 9. The van der Waals surface area contributed by atoms with Crippen LogP contribution in [0.4, 0.5) is 0 Å². The summed E-state index contributed by atoms with van der Waals surface area (Å²) >= 11 is 0. The first-order chi connectivity index (χ1) is 18.5. The maximum absolute atomic E-state index is 12.8. The zero-order chi connectivity index (χ0) is 27.9. The van der Waals surface area contributed by atoms with Crippen molar-refractivity contribution in [3.63, 3.8) is 0 Å². The van der Waals surface area contributed by atoms with Gasteiger partial charge in [-0.25, -0.2) is 0 Å². The molecule has 2 fully saturated rings. The molecule has 0 heterocycles. The number of aliphatic carboxylic acids is 2. The maximum atomic E-state index is 12.8. The quantitative estimate of drug-likeness (QED) is 0.367. The second-order valence-corrected chi connectivity index (χ2v) is 9.92. The lowest BCUT2D eigenvalue weighted by Crippen LogP contribution is -2.15. The Kier molecular flexibility index (Phi) is 5.12. The molecule has 0 unspecified atom stereocenters. The molecule has 4 N–H and O–H groups in total. The summed E-state index contributed by atoms with van der Waals surface area (Å²) in [6.45, 7) is 0. The molecule has 11 nitrogen and oxygen atoms in total. The lowest BCUT2D eigenvalue weighted by molar-refractivity contribution is -0.140. The fraction of sp³-hybridized carbons (Fsp3) is 0.214. The van der Waals surface area contributed by atoms with Crippen molar-refractivity contribution in [1.82, 2.24) is 0 Å². The van der Waals surface area contributed by atoms with Crippen LogP contribution in [-0.2, 0) is 19.2 Å². The van der Waals surface area contributed by atoms with Gasteiger partial charge in [-0.3, -0.25) is 28.8 Å². The Balaban J connectivity index is 1.25. The van der Waals surface area contributed by atoms with E-state index in [0.717, 1.165) is 0 Å². The average Bonchev–Trinajstić information content (AvgIpc) is 3.80. The number of allylic oxidation sites excluding steroid dienone is 2. The summed E-state index contributed by atoms with van der Waals surface area (Å²) in [5.41, 5.74) is -0.729. The van der Waals surface area contributed by atoms with Gasteiger partial charge in [0.15, 0.2) is 11.6 Å². The van der Waals surface area contributed by atoms with Crippen molar-refractivity contribution in [3.8, 4) is 11.5 Å². The minimum Gasteiger partial charge on any atom is -0.506 e. The molecule has 2 saturated carbocycles. The average molecular weight is 530 g/mol. The zero-order valence-corrected chi connectivity index (χ0v) is 19.8. The van der Waals surface area contributed by atoms with Gasteiger partial charge in [-0.2, -0.15) is 0 Å². The predicted molar refractivity (Wildman–Crippen MR) is 129 cm³/mol. The highest BCUT2D eigenvalue weighted by atomic mass is 16.5. The van der Waals surface area contributed by atoms with Gasteiger partial charge in [0, 0.05) is 34.1 Å². The van der Waals surface area contributed by atoms with Crippen LogP contribution in [0.5, 0.6) is 11.5 Å². The van der Waals surface area contributed by atoms with Crippen molar-refractivity contribution in [3.05, 3.63) is 69.8 Å². The van der Waals surface area contributed by atoms with Crippen LogP contribution in [-0.4, -0.2) is 55.5 Å². The van der Waals surface area contributed by atoms with Crippen LogP contribution in [0.3, 0.4) is 0 Å². The Morgan fingerprint density at radius 3 is 1.33 bits per heavy atom. The number of carboxylic acids is 2. The van der Waals surface area contributed by atoms with Crippen LogP contribution in [0.25, 0.3) is 11.5 Å². The largest absolute Gasteiger partial charge is 0.506 e. The lowest BCUT2D eigenvalue weighted by Gasteiger charge is -2.09. The molecule has 2 aromatic rings. The number of aliphatic hydroxyl groups excluding tert-OH is 2. The Labute approximate surface area is 218 Å². The summed E-state index contributed by atoms with van der Waals surface area (Å²) in [5.74, 6) is -9.49. The molecule has 11 heteroatoms. The van der Waals surface area contributed by atoms with Gasteiger partial charge < -0.3 is 25.2 Å². The third-order valence-electron chi connectivity index (χ3n) is 7.53. The number of benzene rings is 2. The van der Waals surface area contributed by atoms with E-state index in [4.69, 9.17) is 14.9 Å². The second-order valence-electron chi connectivity index (χ2n) is 9.92. The number of rotatable bonds is 8. The number of hydrogen-bond donors (Lipinski definition) is 4. The van der Waals surface area contributed by atoms with Gasteiger partial charge in [0.1, 0.15) is 34.2 Å². The maximum Gasteiger partial charge on any atom is 0.307 e. The Morgan fingerprint density at radius 2 is 1.00 bits per heavy atom. The van der Waals surface area contributed by atoms with Crippen LogP contribution in [0.15, 0.2) is 47.5 Å². The van der Waals surface area contributed by atoms with E-state index in [2.05, 4.69) is 0 Å². The van der Waals surface area contributed by atoms with E-state index in [0.29, 0.717) is 0 Å². The summed E-state index contributed by atoms with van der Waals surface area (Å²) in [6, 6.07) is 8.18. The van der Waals surface area contributed by atoms with E-state index in [1.54, 1.807) is 0 Å². The van der Waals surface area contributed by atoms with Crippen molar-refractivity contribution in [2.75, 3.05) is 0 Å². The normalized spacial score (nSPS) is 24.4. The fourth-order valence-electron chi connectivity index (χ4n) is 5.19. The Hall–Kier alpha value is -5.06. The molecular weight excluding hydrogens is 512 g/mol. The first-order valence-electron chi connectivity index (χ1n) is 12.0. The summed E-state index contributed by atoms with van der Waals surface area (Å²) in [5, 5.41) is 39.4. The van der Waals surface area contributed by atoms with Gasteiger partial charge in [0.05, 0.1) is 11.8 Å². The SMILES string of the molecule is O=C1C(C(=O)[C@@H]2C[C@H]2C(=O)O)=C(O)c2cc(Oc3ccc4c(c3)C(O)=C(C(=O)[C@@H]3C[C@H]3C(=O)O)C4=O)ccc21. The molecule has 0 radical (unpaired) electrons. The van der Waals surface area contributed by atoms with Gasteiger partial charge >= 0.3 is 11.9 Å². The van der Waals surface area contributed by atoms with Crippen LogP contribution in [0.2, 0.25) is 0 Å². The van der Waals surface area contributed by atoms with E-state index in [1.807, 2.05) is 0 Å². The van der Waals surface area contributed by atoms with Gasteiger partial charge in [-0.15, -0.1) is 0 Å². The van der Waals surface area contributed by atoms with E-state index >= 15 is 0 Å². The Morgan fingerprint density at radius 1 is 0.615 bits per heavy atom. The first kappa shape index (κ1) is 24.3. The number of carbonyl (C=O) groups is 6. The smallest absolute Gasteiger partial charge is 0.307 e. The lowest BCUT2D eigenvalue weighted by atomic mass is 10.0. The van der Waals surface area contributed by atoms with Crippen molar-refractivity contribution in [2.24, 2.45) is 23.7 Å². The monoisotopic (exact) mass is 530 g/mol. The van der Waals surface area contributed by atoms with E-state index in [9.17, 15) is 39.0 Å². The number of carbonyl (C=O) groups excluding carboxylic acids is 4. The number of carboxylic acid groups (broad SMARTS) is 2. The number of Topliss-reactive ketones (excluding diaryl/α,β-unsaturated/α-hetero) is 4. The molecule has 4 aliphatic rings.